The Morgan fingerprint density at radius 2 is 2.04 bits per heavy atom. The zero-order valence-corrected chi connectivity index (χ0v) is 15.8. The van der Waals surface area contributed by atoms with Crippen LogP contribution >= 0.6 is 0 Å². The second kappa shape index (κ2) is 7.82. The van der Waals surface area contributed by atoms with Gasteiger partial charge in [0, 0.05) is 70.0 Å². The maximum atomic E-state index is 9.13. The number of pyridine rings is 1. The normalized spacial score (nSPS) is 22.2. The predicted molar refractivity (Wildman–Crippen MR) is 105 cm³/mol. The standard InChI is InChI=1S/C18H29N7O/c1-4-14-13-23(3)7-10-25(14)17-12-15(11-16(20-17)18(19)21-26)24-8-5-22(2)6-9-24/h5,8,11-12,14,26H,4,6-7,9-10,13H2,1-3H3,(H2,19,21)/t14-/m0/s1. The number of oxime groups is 1. The largest absolute Gasteiger partial charge is 0.409 e. The van der Waals surface area contributed by atoms with E-state index in [-0.39, 0.29) is 5.84 Å². The van der Waals surface area contributed by atoms with Crippen LogP contribution in [0.5, 0.6) is 0 Å². The number of likely N-dealkylation sites (N-methyl/N-ethyl adjacent to an activating group) is 2. The lowest BCUT2D eigenvalue weighted by atomic mass is 10.1. The summed E-state index contributed by atoms with van der Waals surface area (Å²) in [7, 11) is 4.21. The second-order valence-corrected chi connectivity index (χ2v) is 7.04. The Morgan fingerprint density at radius 1 is 1.23 bits per heavy atom. The van der Waals surface area contributed by atoms with Crippen LogP contribution in [0, 0.1) is 0 Å². The molecule has 0 aromatic carbocycles. The van der Waals surface area contributed by atoms with Crippen LogP contribution in [-0.2, 0) is 0 Å². The van der Waals surface area contributed by atoms with E-state index in [1.54, 1.807) is 0 Å². The van der Waals surface area contributed by atoms with Gasteiger partial charge in [0.1, 0.15) is 11.5 Å². The van der Waals surface area contributed by atoms with Gasteiger partial charge in [0.15, 0.2) is 5.84 Å². The van der Waals surface area contributed by atoms with Gasteiger partial charge in [0.05, 0.1) is 0 Å². The summed E-state index contributed by atoms with van der Waals surface area (Å²) in [6.45, 7) is 6.95. The summed E-state index contributed by atoms with van der Waals surface area (Å²) in [4.78, 5) is 13.7. The third-order valence-corrected chi connectivity index (χ3v) is 5.14. The van der Waals surface area contributed by atoms with Crippen molar-refractivity contribution in [3.63, 3.8) is 0 Å². The number of piperazine rings is 1. The molecule has 2 aliphatic rings. The van der Waals surface area contributed by atoms with E-state index < -0.39 is 0 Å². The monoisotopic (exact) mass is 359 g/mol. The zero-order valence-electron chi connectivity index (χ0n) is 15.8. The average Bonchev–Trinajstić information content (AvgIpc) is 2.67. The fourth-order valence-electron chi connectivity index (χ4n) is 3.48. The molecule has 1 saturated heterocycles. The third-order valence-electron chi connectivity index (χ3n) is 5.14. The molecule has 0 bridgehead atoms. The van der Waals surface area contributed by atoms with Gasteiger partial charge in [0.25, 0.3) is 0 Å². The van der Waals surface area contributed by atoms with Gasteiger partial charge in [-0.25, -0.2) is 4.98 Å². The molecule has 142 valence electrons. The van der Waals surface area contributed by atoms with Gasteiger partial charge in [-0.2, -0.15) is 0 Å². The molecule has 1 aromatic rings. The van der Waals surface area contributed by atoms with E-state index in [9.17, 15) is 0 Å². The predicted octanol–water partition coefficient (Wildman–Crippen LogP) is 0.930. The average molecular weight is 359 g/mol. The maximum absolute atomic E-state index is 9.13. The van der Waals surface area contributed by atoms with Crippen LogP contribution in [0.15, 0.2) is 29.7 Å². The number of hydrogen-bond donors (Lipinski definition) is 2. The first-order valence-electron chi connectivity index (χ1n) is 9.12. The molecule has 1 aromatic heterocycles. The maximum Gasteiger partial charge on any atom is 0.188 e. The summed E-state index contributed by atoms with van der Waals surface area (Å²) >= 11 is 0. The molecule has 8 heteroatoms. The lowest BCUT2D eigenvalue weighted by Gasteiger charge is -2.41. The number of anilines is 2. The van der Waals surface area contributed by atoms with Crippen molar-refractivity contribution in [1.82, 2.24) is 14.8 Å². The van der Waals surface area contributed by atoms with E-state index >= 15 is 0 Å². The van der Waals surface area contributed by atoms with Crippen LogP contribution in [-0.4, -0.2) is 78.7 Å². The smallest absolute Gasteiger partial charge is 0.188 e. The van der Waals surface area contributed by atoms with Gasteiger partial charge in [-0.15, -0.1) is 0 Å². The number of rotatable bonds is 4. The van der Waals surface area contributed by atoms with E-state index in [1.807, 2.05) is 6.07 Å². The van der Waals surface area contributed by atoms with E-state index in [1.165, 1.54) is 0 Å². The zero-order chi connectivity index (χ0) is 18.7. The van der Waals surface area contributed by atoms with Gasteiger partial charge < -0.3 is 30.5 Å². The van der Waals surface area contributed by atoms with Gasteiger partial charge in [-0.3, -0.25) is 0 Å². The number of hydrogen-bond acceptors (Lipinski definition) is 7. The minimum atomic E-state index is 0.0355. The molecule has 8 nitrogen and oxygen atoms in total. The third kappa shape index (κ3) is 3.85. The fraction of sp³-hybridized carbons (Fsp3) is 0.556. The molecule has 3 rings (SSSR count). The second-order valence-electron chi connectivity index (χ2n) is 7.04. The first kappa shape index (κ1) is 18.3. The van der Waals surface area contributed by atoms with Crippen LogP contribution < -0.4 is 15.5 Å². The Balaban J connectivity index is 1.98. The highest BCUT2D eigenvalue weighted by molar-refractivity contribution is 5.96. The number of nitrogens with two attached hydrogens (primary N) is 1. The minimum Gasteiger partial charge on any atom is -0.409 e. The van der Waals surface area contributed by atoms with Crippen molar-refractivity contribution < 1.29 is 5.21 Å². The van der Waals surface area contributed by atoms with Crippen LogP contribution in [0.4, 0.5) is 11.5 Å². The highest BCUT2D eigenvalue weighted by atomic mass is 16.4. The van der Waals surface area contributed by atoms with E-state index in [0.29, 0.717) is 11.7 Å². The van der Waals surface area contributed by atoms with E-state index in [4.69, 9.17) is 15.9 Å². The summed E-state index contributed by atoms with van der Waals surface area (Å²) in [6, 6.07) is 4.39. The number of amidine groups is 1. The molecule has 0 radical (unpaired) electrons. The van der Waals surface area contributed by atoms with Gasteiger partial charge in [-0.1, -0.05) is 12.1 Å². The molecule has 0 spiro atoms. The molecule has 0 saturated carbocycles. The van der Waals surface area contributed by atoms with Gasteiger partial charge in [-0.05, 0) is 19.5 Å². The van der Waals surface area contributed by atoms with Crippen molar-refractivity contribution in [3.05, 3.63) is 30.2 Å². The van der Waals surface area contributed by atoms with Crippen LogP contribution in [0.25, 0.3) is 0 Å². The molecule has 0 unspecified atom stereocenters. The minimum absolute atomic E-state index is 0.0355. The van der Waals surface area contributed by atoms with Gasteiger partial charge in [0.2, 0.25) is 0 Å². The topological polar surface area (TPSA) is 84.5 Å². The molecule has 3 heterocycles. The van der Waals surface area contributed by atoms with Crippen molar-refractivity contribution in [3.8, 4) is 0 Å². The molecule has 0 aliphatic carbocycles. The molecule has 2 aliphatic heterocycles. The molecular formula is C18H29N7O. The Kier molecular flexibility index (Phi) is 5.51. The fourth-order valence-corrected chi connectivity index (χ4v) is 3.48. The summed E-state index contributed by atoms with van der Waals surface area (Å²) in [6.07, 6.45) is 5.15. The van der Waals surface area contributed by atoms with Crippen molar-refractivity contribution in [2.24, 2.45) is 10.9 Å². The summed E-state index contributed by atoms with van der Waals surface area (Å²) < 4.78 is 0. The first-order chi connectivity index (χ1) is 12.5. The van der Waals surface area contributed by atoms with Crippen molar-refractivity contribution in [2.45, 2.75) is 19.4 Å². The molecule has 3 N–H and O–H groups in total. The number of aromatic nitrogens is 1. The summed E-state index contributed by atoms with van der Waals surface area (Å²) in [5.74, 6) is 0.921. The van der Waals surface area contributed by atoms with Crippen LogP contribution in [0.3, 0.4) is 0 Å². The van der Waals surface area contributed by atoms with E-state index in [2.05, 4.69) is 64.2 Å². The Morgan fingerprint density at radius 3 is 2.69 bits per heavy atom. The first-order valence-corrected chi connectivity index (χ1v) is 9.12. The van der Waals surface area contributed by atoms with Gasteiger partial charge >= 0.3 is 0 Å². The van der Waals surface area contributed by atoms with Crippen molar-refractivity contribution in [1.29, 1.82) is 0 Å². The van der Waals surface area contributed by atoms with E-state index in [0.717, 1.165) is 50.6 Å². The molecule has 26 heavy (non-hydrogen) atoms. The highest BCUT2D eigenvalue weighted by Crippen LogP contribution is 2.27. The van der Waals surface area contributed by atoms with Crippen molar-refractivity contribution in [2.75, 3.05) is 56.6 Å². The Bertz CT molecular complexity index is 690. The quantitative estimate of drug-likeness (QED) is 0.358. The summed E-state index contributed by atoms with van der Waals surface area (Å²) in [5, 5.41) is 12.3. The lowest BCUT2D eigenvalue weighted by Crippen LogP contribution is -2.52. The Labute approximate surface area is 155 Å². The van der Waals surface area contributed by atoms with Crippen molar-refractivity contribution >= 4 is 17.3 Å². The van der Waals surface area contributed by atoms with Crippen LogP contribution in [0.2, 0.25) is 0 Å². The Hall–Kier alpha value is -2.48. The number of nitrogens with zero attached hydrogens (tertiary/aromatic N) is 6. The molecule has 1 fully saturated rings. The highest BCUT2D eigenvalue weighted by Gasteiger charge is 2.26. The molecule has 1 atom stereocenters. The SMILES string of the molecule is CC[C@H]1CN(C)CCN1c1cc(N2C=CN(C)CC2)cc(/C(N)=N/O)n1. The lowest BCUT2D eigenvalue weighted by molar-refractivity contribution is 0.263. The molecule has 0 amide bonds. The van der Waals surface area contributed by atoms with Crippen LogP contribution in [0.1, 0.15) is 19.0 Å². The molecular weight excluding hydrogens is 330 g/mol. The summed E-state index contributed by atoms with van der Waals surface area (Å²) in [5.41, 5.74) is 7.38.